The molecule has 0 nitrogen and oxygen atoms in total. The molecule has 5 heteroatoms. The van der Waals surface area contributed by atoms with E-state index < -0.39 is 0 Å². The average Bonchev–Trinajstić information content (AvgIpc) is 1.41. The van der Waals surface area contributed by atoms with Crippen LogP contribution in [0.25, 0.3) is 0 Å². The van der Waals surface area contributed by atoms with Gasteiger partial charge in [0, 0.05) is 164 Å². The monoisotopic (exact) mass is 593 g/mol. The Morgan fingerprint density at radius 3 is 0.533 bits per heavy atom. The van der Waals surface area contributed by atoms with Gasteiger partial charge in [0.15, 0.2) is 0 Å². The fraction of sp³-hybridized carbons (Fsp3) is 0.600. The molecule has 0 heterocycles. The smallest absolute Gasteiger partial charge is 0 e. The van der Waals surface area contributed by atoms with Crippen LogP contribution in [0.1, 0.15) is 42.0 Å². The van der Waals surface area contributed by atoms with Gasteiger partial charge in [0.25, 0.3) is 0 Å². The maximum atomic E-state index is 2.08. The second kappa shape index (κ2) is 92.2. The molecule has 0 rings (SSSR count). The van der Waals surface area contributed by atoms with Crippen molar-refractivity contribution >= 4 is 0 Å². The third-order valence-corrected chi connectivity index (χ3v) is 0. The molecule has 0 atom stereocenters. The molecule has 0 aliphatic heterocycles. The minimum atomic E-state index is 0. The predicted octanol–water partition coefficient (Wildman–Crippen LogP) is 4.62. The van der Waals surface area contributed by atoms with Crippen molar-refractivity contribution in [3.05, 3.63) is 28.2 Å². The largest absolute Gasteiger partial charge is 0.358 e. The summed E-state index contributed by atoms with van der Waals surface area (Å²) < 4.78 is 0. The van der Waals surface area contributed by atoms with Gasteiger partial charge in [-0.15, -0.1) is 0 Å². The molecule has 0 bridgehead atoms. The Balaban J connectivity index is -0.00000000155. The summed E-state index contributed by atoms with van der Waals surface area (Å²) in [5, 5.41) is 0. The Morgan fingerprint density at radius 2 is 0.533 bits per heavy atom. The molecular formula is C10H28Y5-4. The van der Waals surface area contributed by atoms with Gasteiger partial charge < -0.3 is 28.2 Å². The molecule has 15 heavy (non-hydrogen) atoms. The summed E-state index contributed by atoms with van der Waals surface area (Å²) in [6.45, 7) is 10.3. The van der Waals surface area contributed by atoms with Crippen LogP contribution in [-0.2, 0) is 164 Å². The van der Waals surface area contributed by atoms with Crippen molar-refractivity contribution < 1.29 is 164 Å². The molecule has 0 aliphatic carbocycles. The summed E-state index contributed by atoms with van der Waals surface area (Å²) >= 11 is 0. The number of hydrogen-bond acceptors (Lipinski definition) is 0. The quantitative estimate of drug-likeness (QED) is 0.360. The molecular weight excluding hydrogens is 565 g/mol. The van der Waals surface area contributed by atoms with Gasteiger partial charge in [0.1, 0.15) is 0 Å². The van der Waals surface area contributed by atoms with Gasteiger partial charge in [0.2, 0.25) is 0 Å². The van der Waals surface area contributed by atoms with Crippen molar-refractivity contribution in [2.75, 3.05) is 0 Å². The van der Waals surface area contributed by atoms with Crippen LogP contribution in [0.15, 0.2) is 0 Å². The van der Waals surface area contributed by atoms with Gasteiger partial charge in [-0.2, -0.15) is 20.8 Å². The van der Waals surface area contributed by atoms with Gasteiger partial charge in [-0.05, 0) is 0 Å². The Hall–Kier alpha value is 5.52. The number of rotatable bonds is 0. The van der Waals surface area contributed by atoms with Crippen molar-refractivity contribution in [3.8, 4) is 0 Å². The molecule has 0 spiro atoms. The van der Waals surface area contributed by atoms with Gasteiger partial charge in [-0.1, -0.05) is 21.3 Å². The van der Waals surface area contributed by atoms with Crippen molar-refractivity contribution in [3.63, 3.8) is 0 Å². The van der Waals surface area contributed by atoms with Crippen LogP contribution in [0.4, 0.5) is 0 Å². The molecule has 0 N–H and O–H groups in total. The fourth-order valence-corrected chi connectivity index (χ4v) is 0. The average molecular weight is 593 g/mol. The molecule has 87 valence electrons. The first-order chi connectivity index (χ1) is 2.73. The van der Waals surface area contributed by atoms with Crippen LogP contribution in [0.5, 0.6) is 0 Å². The molecule has 0 aromatic heterocycles. The van der Waals surface area contributed by atoms with E-state index >= 15 is 0 Å². The fourth-order valence-electron chi connectivity index (χ4n) is 0. The molecule has 0 saturated heterocycles. The van der Waals surface area contributed by atoms with Crippen molar-refractivity contribution in [1.82, 2.24) is 0 Å². The first-order valence-electron chi connectivity index (χ1n) is 2.50. The minimum absolute atomic E-state index is 0. The molecule has 0 unspecified atom stereocenters. The molecule has 0 amide bonds. The third-order valence-electron chi connectivity index (χ3n) is 0. The zero-order chi connectivity index (χ0) is 5.58. The third kappa shape index (κ3) is 197. The van der Waals surface area contributed by atoms with E-state index in [-0.39, 0.29) is 193 Å². The summed E-state index contributed by atoms with van der Waals surface area (Å²) in [6.07, 6.45) is 0. The molecule has 0 aliphatic rings. The standard InChI is InChI=1S/C4H9.C2H6.CH4.3CH3.5Y/c1-4(2)3;1-2;;;;;;;;;/h1-3H3;1-2H3;1H4;3*1H3;;;;;/q-1;;;3*-1;;;;;. The zero-order valence-corrected chi connectivity index (χ0v) is 25.6. The normalized spacial score (nSPS) is 2.80. The summed E-state index contributed by atoms with van der Waals surface area (Å²) in [4.78, 5) is 0. The molecule has 0 aromatic rings. The van der Waals surface area contributed by atoms with Gasteiger partial charge in [0.05, 0.1) is 0 Å². The van der Waals surface area contributed by atoms with Crippen LogP contribution >= 0.6 is 0 Å². The minimum Gasteiger partial charge on any atom is -0.358 e. The summed E-state index contributed by atoms with van der Waals surface area (Å²) in [6, 6.07) is 0. The Morgan fingerprint density at radius 1 is 0.533 bits per heavy atom. The summed E-state index contributed by atoms with van der Waals surface area (Å²) in [5.41, 5.74) is 0. The van der Waals surface area contributed by atoms with E-state index in [4.69, 9.17) is 0 Å². The maximum Gasteiger partial charge on any atom is 0 e. The second-order valence-corrected chi connectivity index (χ2v) is 1.50. The van der Waals surface area contributed by atoms with Gasteiger partial charge in [-0.3, -0.25) is 0 Å². The molecule has 0 aromatic carbocycles. The van der Waals surface area contributed by atoms with Crippen LogP contribution in [0.2, 0.25) is 0 Å². The van der Waals surface area contributed by atoms with E-state index in [0.717, 1.165) is 0 Å². The van der Waals surface area contributed by atoms with Crippen LogP contribution in [-0.4, -0.2) is 0 Å². The summed E-state index contributed by atoms with van der Waals surface area (Å²) in [5.74, 6) is 1.42. The summed E-state index contributed by atoms with van der Waals surface area (Å²) in [7, 11) is 0. The Bertz CT molecular complexity index is 18.5. The maximum absolute atomic E-state index is 2.08. The van der Waals surface area contributed by atoms with Crippen LogP contribution in [0.3, 0.4) is 0 Å². The van der Waals surface area contributed by atoms with E-state index in [1.807, 2.05) is 13.8 Å². The Labute approximate surface area is 228 Å². The Kier molecular flexibility index (Phi) is 530. The number of hydrogen-bond donors (Lipinski definition) is 0. The van der Waals surface area contributed by atoms with Gasteiger partial charge in [-0.25, -0.2) is 0 Å². The zero-order valence-electron chi connectivity index (χ0n) is 11.4. The van der Waals surface area contributed by atoms with Crippen molar-refractivity contribution in [2.24, 2.45) is 0 Å². The van der Waals surface area contributed by atoms with E-state index in [1.165, 1.54) is 5.92 Å². The van der Waals surface area contributed by atoms with Gasteiger partial charge >= 0.3 is 0 Å². The predicted molar refractivity (Wildman–Crippen MR) is 57.6 cm³/mol. The SMILES string of the molecule is C.CC.C[C-](C)C.[CH3-].[CH3-].[CH3-].[Y].[Y].[Y].[Y].[Y]. The topological polar surface area (TPSA) is 0 Å². The van der Waals surface area contributed by atoms with Crippen molar-refractivity contribution in [1.29, 1.82) is 0 Å². The van der Waals surface area contributed by atoms with Crippen molar-refractivity contribution in [2.45, 2.75) is 42.0 Å². The van der Waals surface area contributed by atoms with Crippen LogP contribution < -0.4 is 0 Å². The second-order valence-electron chi connectivity index (χ2n) is 1.50. The van der Waals surface area contributed by atoms with E-state index in [0.29, 0.717) is 0 Å². The molecule has 0 saturated carbocycles. The molecule has 5 radical (unpaired) electrons. The first-order valence-corrected chi connectivity index (χ1v) is 2.50. The first kappa shape index (κ1) is 86.3. The van der Waals surface area contributed by atoms with E-state index in [9.17, 15) is 0 Å². The van der Waals surface area contributed by atoms with Crippen LogP contribution in [0, 0.1) is 28.2 Å². The van der Waals surface area contributed by atoms with E-state index in [2.05, 4.69) is 20.8 Å². The van der Waals surface area contributed by atoms with E-state index in [1.54, 1.807) is 0 Å². The molecule has 0 fully saturated rings.